The van der Waals surface area contributed by atoms with Crippen LogP contribution in [0.1, 0.15) is 42.9 Å². The highest BCUT2D eigenvalue weighted by molar-refractivity contribution is 6.11. The molecule has 2 aromatic rings. The lowest BCUT2D eigenvalue weighted by Crippen LogP contribution is -2.34. The second-order valence-corrected chi connectivity index (χ2v) is 6.91. The Morgan fingerprint density at radius 3 is 2.43 bits per heavy atom. The maximum absolute atomic E-state index is 13.0. The lowest BCUT2D eigenvalue weighted by Gasteiger charge is -2.30. The van der Waals surface area contributed by atoms with Crippen molar-refractivity contribution >= 4 is 17.3 Å². The minimum absolute atomic E-state index is 0.213. The quantitative estimate of drug-likeness (QED) is 0.545. The number of hydrogen-bond donors (Lipinski definition) is 0. The van der Waals surface area contributed by atoms with Crippen LogP contribution in [0.15, 0.2) is 54.6 Å². The summed E-state index contributed by atoms with van der Waals surface area (Å²) in [4.78, 5) is 25.6. The van der Waals surface area contributed by atoms with Gasteiger partial charge in [-0.25, -0.2) is 0 Å². The molecule has 0 amide bonds. The molecule has 3 rings (SSSR count). The van der Waals surface area contributed by atoms with Gasteiger partial charge < -0.3 is 9.47 Å². The first kappa shape index (κ1) is 19.9. The van der Waals surface area contributed by atoms with E-state index in [2.05, 4.69) is 19.1 Å². The molecule has 4 heteroatoms. The molecule has 0 fully saturated rings. The highest BCUT2D eigenvalue weighted by atomic mass is 16.5. The summed E-state index contributed by atoms with van der Waals surface area (Å²) in [5.41, 5.74) is 3.96. The Morgan fingerprint density at radius 1 is 1.07 bits per heavy atom. The fourth-order valence-corrected chi connectivity index (χ4v) is 3.79. The molecule has 28 heavy (non-hydrogen) atoms. The van der Waals surface area contributed by atoms with Crippen molar-refractivity contribution in [2.45, 2.75) is 32.6 Å². The van der Waals surface area contributed by atoms with Crippen LogP contribution in [0.2, 0.25) is 0 Å². The zero-order chi connectivity index (χ0) is 20.1. The number of carbonyl (C=O) groups excluding carboxylic acids is 2. The molecule has 1 aliphatic carbocycles. The number of para-hydroxylation sites is 1. The maximum atomic E-state index is 13.0. The number of aryl methyl sites for hydroxylation is 1. The van der Waals surface area contributed by atoms with Crippen molar-refractivity contribution < 1.29 is 19.1 Å². The molecule has 2 atom stereocenters. The molecular formula is C24H26O4. The standard InChI is InChI=1S/C24H26O4/c1-4-16-10-12-17(13-11-16)20-14-18(19-8-6-7-9-22(19)27-3)15-21(25)23(20)24(26)28-5-2/h6-13,15,20,23H,4-5,14H2,1-3H3/t20-,23+/m1/s1. The van der Waals surface area contributed by atoms with E-state index in [4.69, 9.17) is 9.47 Å². The van der Waals surface area contributed by atoms with Gasteiger partial charge in [-0.15, -0.1) is 0 Å². The van der Waals surface area contributed by atoms with Gasteiger partial charge in [0.15, 0.2) is 5.78 Å². The van der Waals surface area contributed by atoms with Crippen molar-refractivity contribution in [2.24, 2.45) is 5.92 Å². The monoisotopic (exact) mass is 378 g/mol. The van der Waals surface area contributed by atoms with Gasteiger partial charge in [0.05, 0.1) is 13.7 Å². The summed E-state index contributed by atoms with van der Waals surface area (Å²) in [7, 11) is 1.62. The Balaban J connectivity index is 2.04. The summed E-state index contributed by atoms with van der Waals surface area (Å²) in [5, 5.41) is 0. The predicted molar refractivity (Wildman–Crippen MR) is 109 cm³/mol. The van der Waals surface area contributed by atoms with Gasteiger partial charge in [-0.05, 0) is 48.6 Å². The highest BCUT2D eigenvalue weighted by Gasteiger charge is 2.40. The van der Waals surface area contributed by atoms with Gasteiger partial charge in [0.1, 0.15) is 11.7 Å². The van der Waals surface area contributed by atoms with Crippen LogP contribution in [0.25, 0.3) is 5.57 Å². The van der Waals surface area contributed by atoms with Crippen molar-refractivity contribution in [2.75, 3.05) is 13.7 Å². The highest BCUT2D eigenvalue weighted by Crippen LogP contribution is 2.42. The minimum Gasteiger partial charge on any atom is -0.496 e. The third-order valence-corrected chi connectivity index (χ3v) is 5.27. The number of allylic oxidation sites excluding steroid dienone is 2. The van der Waals surface area contributed by atoms with Crippen LogP contribution in [-0.2, 0) is 20.7 Å². The molecule has 0 radical (unpaired) electrons. The number of benzene rings is 2. The lowest BCUT2D eigenvalue weighted by molar-refractivity contribution is -0.151. The summed E-state index contributed by atoms with van der Waals surface area (Å²) < 4.78 is 10.7. The number of rotatable bonds is 6. The molecule has 0 aromatic heterocycles. The SMILES string of the molecule is CCOC(=O)[C@@H]1C(=O)C=C(c2ccccc2OC)C[C@@H]1c1ccc(CC)cc1. The zero-order valence-corrected chi connectivity index (χ0v) is 16.6. The third-order valence-electron chi connectivity index (χ3n) is 5.27. The van der Waals surface area contributed by atoms with E-state index < -0.39 is 11.9 Å². The van der Waals surface area contributed by atoms with Crippen LogP contribution in [0, 0.1) is 5.92 Å². The van der Waals surface area contributed by atoms with Gasteiger partial charge >= 0.3 is 5.97 Å². The van der Waals surface area contributed by atoms with E-state index >= 15 is 0 Å². The summed E-state index contributed by atoms with van der Waals surface area (Å²) in [6.07, 6.45) is 3.09. The fourth-order valence-electron chi connectivity index (χ4n) is 3.79. The first-order valence-electron chi connectivity index (χ1n) is 9.72. The molecule has 0 N–H and O–H groups in total. The van der Waals surface area contributed by atoms with Gasteiger partial charge in [0.2, 0.25) is 0 Å². The van der Waals surface area contributed by atoms with Crippen LogP contribution in [0.3, 0.4) is 0 Å². The van der Waals surface area contributed by atoms with Crippen LogP contribution in [0.4, 0.5) is 0 Å². The smallest absolute Gasteiger partial charge is 0.317 e. The maximum Gasteiger partial charge on any atom is 0.317 e. The molecule has 0 saturated carbocycles. The number of carbonyl (C=O) groups is 2. The molecule has 2 aromatic carbocycles. The molecule has 0 heterocycles. The molecule has 0 saturated heterocycles. The van der Waals surface area contributed by atoms with Crippen molar-refractivity contribution in [3.63, 3.8) is 0 Å². The minimum atomic E-state index is -0.814. The summed E-state index contributed by atoms with van der Waals surface area (Å²) in [6.45, 7) is 4.11. The van der Waals surface area contributed by atoms with Crippen molar-refractivity contribution in [3.8, 4) is 5.75 Å². The lowest BCUT2D eigenvalue weighted by atomic mass is 9.73. The summed E-state index contributed by atoms with van der Waals surface area (Å²) in [5.74, 6) is -1.02. The average molecular weight is 378 g/mol. The van der Waals surface area contributed by atoms with Gasteiger partial charge in [-0.1, -0.05) is 49.4 Å². The van der Waals surface area contributed by atoms with Crippen molar-refractivity contribution in [1.82, 2.24) is 0 Å². The number of methoxy groups -OCH3 is 1. The van der Waals surface area contributed by atoms with Crippen LogP contribution < -0.4 is 4.74 Å². The van der Waals surface area contributed by atoms with Gasteiger partial charge in [-0.3, -0.25) is 9.59 Å². The van der Waals surface area contributed by atoms with Gasteiger partial charge in [0, 0.05) is 11.5 Å². The first-order chi connectivity index (χ1) is 13.6. The van der Waals surface area contributed by atoms with E-state index in [0.717, 1.165) is 28.9 Å². The Bertz CT molecular complexity index is 880. The largest absolute Gasteiger partial charge is 0.496 e. The van der Waals surface area contributed by atoms with Crippen LogP contribution in [0.5, 0.6) is 5.75 Å². The third kappa shape index (κ3) is 4.01. The van der Waals surface area contributed by atoms with E-state index in [1.807, 2.05) is 36.4 Å². The molecule has 4 nitrogen and oxygen atoms in total. The molecule has 146 valence electrons. The summed E-state index contributed by atoms with van der Waals surface area (Å²) >= 11 is 0. The van der Waals surface area contributed by atoms with Gasteiger partial charge in [-0.2, -0.15) is 0 Å². The Kier molecular flexibility index (Phi) is 6.30. The zero-order valence-electron chi connectivity index (χ0n) is 16.6. The molecule has 0 unspecified atom stereocenters. The molecule has 0 spiro atoms. The molecule has 0 bridgehead atoms. The second-order valence-electron chi connectivity index (χ2n) is 6.91. The van der Waals surface area contributed by atoms with E-state index in [1.165, 1.54) is 5.56 Å². The second kappa shape index (κ2) is 8.87. The average Bonchev–Trinajstić information content (AvgIpc) is 2.73. The topological polar surface area (TPSA) is 52.6 Å². The van der Waals surface area contributed by atoms with Gasteiger partial charge in [0.25, 0.3) is 0 Å². The number of esters is 1. The van der Waals surface area contributed by atoms with Crippen molar-refractivity contribution in [1.29, 1.82) is 0 Å². The Hall–Kier alpha value is -2.88. The summed E-state index contributed by atoms with van der Waals surface area (Å²) in [6, 6.07) is 15.8. The van der Waals surface area contributed by atoms with E-state index in [0.29, 0.717) is 6.42 Å². The van der Waals surface area contributed by atoms with Crippen molar-refractivity contribution in [3.05, 3.63) is 71.3 Å². The van der Waals surface area contributed by atoms with Crippen LogP contribution in [-0.4, -0.2) is 25.5 Å². The molecular weight excluding hydrogens is 352 g/mol. The fraction of sp³-hybridized carbons (Fsp3) is 0.333. The first-order valence-corrected chi connectivity index (χ1v) is 9.72. The van der Waals surface area contributed by atoms with E-state index in [-0.39, 0.29) is 18.3 Å². The normalized spacial score (nSPS) is 19.1. The van der Waals surface area contributed by atoms with E-state index in [1.54, 1.807) is 20.1 Å². The molecule has 0 aliphatic heterocycles. The Morgan fingerprint density at radius 2 is 1.79 bits per heavy atom. The number of ether oxygens (including phenoxy) is 2. The number of ketones is 1. The van der Waals surface area contributed by atoms with Crippen LogP contribution >= 0.6 is 0 Å². The Labute approximate surface area is 166 Å². The number of hydrogen-bond acceptors (Lipinski definition) is 4. The predicted octanol–water partition coefficient (Wildman–Crippen LogP) is 4.58. The molecule has 1 aliphatic rings. The van der Waals surface area contributed by atoms with E-state index in [9.17, 15) is 9.59 Å².